The van der Waals surface area contributed by atoms with Crippen LogP contribution in [0.4, 0.5) is 5.82 Å². The molecule has 2 aromatic heterocycles. The Morgan fingerprint density at radius 2 is 2.25 bits per heavy atom. The van der Waals surface area contributed by atoms with Gasteiger partial charge in [0, 0.05) is 0 Å². The lowest BCUT2D eigenvalue weighted by atomic mass is 10.3. The quantitative estimate of drug-likeness (QED) is 0.509. The predicted octanol–water partition coefficient (Wildman–Crippen LogP) is 1.09. The number of nitrogens with zero attached hydrogens (tertiary/aromatic N) is 4. The average molecular weight is 414 g/mol. The number of fused-ring (bicyclic) bond motifs is 1. The van der Waals surface area contributed by atoms with Gasteiger partial charge >= 0.3 is 0 Å². The van der Waals surface area contributed by atoms with Crippen LogP contribution in [-0.4, -0.2) is 61.9 Å². The van der Waals surface area contributed by atoms with Crippen molar-refractivity contribution in [2.45, 2.75) is 58.3 Å². The fourth-order valence-electron chi connectivity index (χ4n) is 2.95. The van der Waals surface area contributed by atoms with Crippen LogP contribution < -0.4 is 10.8 Å². The molecule has 156 valence electrons. The molecule has 1 saturated heterocycles. The SMILES string of the molecule is CC[C@@H]1COC(C(C)NP(=O)(O)COC(C)Cn2cnc3c(N)ncnc32)O1. The van der Waals surface area contributed by atoms with E-state index in [1.807, 2.05) is 6.92 Å². The molecule has 12 heteroatoms. The maximum Gasteiger partial charge on any atom is 0.292 e. The number of anilines is 1. The second-order valence-electron chi connectivity index (χ2n) is 6.92. The summed E-state index contributed by atoms with van der Waals surface area (Å²) in [5.74, 6) is 0.303. The van der Waals surface area contributed by atoms with Crippen molar-refractivity contribution in [2.24, 2.45) is 0 Å². The van der Waals surface area contributed by atoms with Crippen molar-refractivity contribution >= 4 is 24.5 Å². The van der Waals surface area contributed by atoms with Crippen LogP contribution in [0.2, 0.25) is 0 Å². The highest BCUT2D eigenvalue weighted by molar-refractivity contribution is 7.55. The lowest BCUT2D eigenvalue weighted by Gasteiger charge is -2.24. The van der Waals surface area contributed by atoms with Crippen molar-refractivity contribution < 1.29 is 23.7 Å². The summed E-state index contributed by atoms with van der Waals surface area (Å²) in [6, 6.07) is -0.441. The van der Waals surface area contributed by atoms with E-state index in [0.717, 1.165) is 6.42 Å². The van der Waals surface area contributed by atoms with Gasteiger partial charge in [-0.25, -0.2) is 20.0 Å². The van der Waals surface area contributed by atoms with Gasteiger partial charge in [0.2, 0.25) is 0 Å². The highest BCUT2D eigenvalue weighted by Crippen LogP contribution is 2.37. The van der Waals surface area contributed by atoms with E-state index in [-0.39, 0.29) is 18.6 Å². The van der Waals surface area contributed by atoms with E-state index in [4.69, 9.17) is 19.9 Å². The topological polar surface area (TPSA) is 147 Å². The lowest BCUT2D eigenvalue weighted by molar-refractivity contribution is -0.0739. The number of hydrogen-bond acceptors (Lipinski definition) is 8. The lowest BCUT2D eigenvalue weighted by Crippen LogP contribution is -2.37. The molecule has 3 rings (SSSR count). The van der Waals surface area contributed by atoms with Crippen molar-refractivity contribution in [3.63, 3.8) is 0 Å². The van der Waals surface area contributed by atoms with Gasteiger partial charge in [0.25, 0.3) is 7.52 Å². The molecule has 0 aliphatic carbocycles. The molecule has 0 aromatic carbocycles. The monoisotopic (exact) mass is 414 g/mol. The van der Waals surface area contributed by atoms with E-state index >= 15 is 0 Å². The standard InChI is InChI=1S/C16H27N6O5P/c1-4-12-6-25-16(27-12)11(3)21-28(23,24)9-26-10(2)5-22-8-20-13-14(17)18-7-19-15(13)22/h7-8,10-12,16H,4-6,9H2,1-3H3,(H2,17,18,19)(H2,21,23,24)/t10?,11?,12-,16?/m1/s1. The summed E-state index contributed by atoms with van der Waals surface area (Å²) in [5, 5.41) is 2.67. The molecule has 3 heterocycles. The van der Waals surface area contributed by atoms with E-state index in [1.54, 1.807) is 24.7 Å². The van der Waals surface area contributed by atoms with E-state index in [9.17, 15) is 9.46 Å². The van der Waals surface area contributed by atoms with Crippen LogP contribution in [0.1, 0.15) is 27.2 Å². The van der Waals surface area contributed by atoms with Gasteiger partial charge in [-0.2, -0.15) is 0 Å². The summed E-state index contributed by atoms with van der Waals surface area (Å²) < 4.78 is 31.0. The number of imidazole rings is 1. The number of rotatable bonds is 9. The van der Waals surface area contributed by atoms with Gasteiger partial charge in [0.1, 0.15) is 18.2 Å². The fraction of sp³-hybridized carbons (Fsp3) is 0.688. The summed E-state index contributed by atoms with van der Waals surface area (Å²) in [5.41, 5.74) is 6.87. The van der Waals surface area contributed by atoms with Crippen LogP contribution in [-0.2, 0) is 25.3 Å². The second-order valence-corrected chi connectivity index (χ2v) is 8.84. The van der Waals surface area contributed by atoms with Crippen LogP contribution in [0.3, 0.4) is 0 Å². The maximum atomic E-state index is 12.4. The first-order valence-electron chi connectivity index (χ1n) is 9.18. The van der Waals surface area contributed by atoms with E-state index in [1.165, 1.54) is 6.33 Å². The first kappa shape index (κ1) is 21.1. The Morgan fingerprint density at radius 3 is 2.96 bits per heavy atom. The van der Waals surface area contributed by atoms with Gasteiger partial charge in [-0.3, -0.25) is 4.57 Å². The molecular weight excluding hydrogens is 387 g/mol. The first-order chi connectivity index (χ1) is 13.3. The number of hydrogen-bond donors (Lipinski definition) is 3. The molecule has 1 fully saturated rings. The van der Waals surface area contributed by atoms with Crippen molar-refractivity contribution in [1.29, 1.82) is 0 Å². The summed E-state index contributed by atoms with van der Waals surface area (Å²) in [7, 11) is -3.73. The first-order valence-corrected chi connectivity index (χ1v) is 11.0. The number of nitrogens with one attached hydrogen (secondary N) is 1. The Bertz CT molecular complexity index is 848. The van der Waals surface area contributed by atoms with Crippen molar-refractivity contribution in [2.75, 3.05) is 18.7 Å². The van der Waals surface area contributed by atoms with Crippen molar-refractivity contribution in [1.82, 2.24) is 24.6 Å². The van der Waals surface area contributed by atoms with Gasteiger partial charge in [-0.05, 0) is 20.3 Å². The molecule has 4 unspecified atom stereocenters. The molecule has 0 spiro atoms. The van der Waals surface area contributed by atoms with Crippen LogP contribution in [0.5, 0.6) is 0 Å². The van der Waals surface area contributed by atoms with E-state index in [2.05, 4.69) is 20.0 Å². The van der Waals surface area contributed by atoms with Gasteiger partial charge < -0.3 is 29.4 Å². The normalized spacial score (nSPS) is 24.3. The van der Waals surface area contributed by atoms with Crippen LogP contribution in [0, 0.1) is 0 Å². The second kappa shape index (κ2) is 8.81. The third-order valence-corrected chi connectivity index (χ3v) is 5.77. The number of aromatic nitrogens is 4. The largest absolute Gasteiger partial charge is 0.382 e. The zero-order valence-corrected chi connectivity index (χ0v) is 17.1. The molecule has 4 N–H and O–H groups in total. The maximum absolute atomic E-state index is 12.4. The Hall–Kier alpha value is -1.62. The number of nitrogens with two attached hydrogens (primary N) is 1. The minimum Gasteiger partial charge on any atom is -0.382 e. The predicted molar refractivity (Wildman–Crippen MR) is 102 cm³/mol. The Kier molecular flexibility index (Phi) is 6.64. The minimum absolute atomic E-state index is 0.0199. The molecule has 11 nitrogen and oxygen atoms in total. The molecule has 2 aromatic rings. The molecule has 28 heavy (non-hydrogen) atoms. The molecule has 0 saturated carbocycles. The van der Waals surface area contributed by atoms with Crippen LogP contribution in [0.15, 0.2) is 12.7 Å². The van der Waals surface area contributed by atoms with E-state index in [0.29, 0.717) is 30.1 Å². The minimum atomic E-state index is -3.73. The van der Waals surface area contributed by atoms with Crippen LogP contribution >= 0.6 is 7.52 Å². The number of ether oxygens (including phenoxy) is 3. The average Bonchev–Trinajstić information content (AvgIpc) is 3.28. The third kappa shape index (κ3) is 5.05. The van der Waals surface area contributed by atoms with Crippen LogP contribution in [0.25, 0.3) is 11.2 Å². The van der Waals surface area contributed by atoms with E-state index < -0.39 is 19.9 Å². The van der Waals surface area contributed by atoms with Crippen molar-refractivity contribution in [3.8, 4) is 0 Å². The van der Waals surface area contributed by atoms with Crippen molar-refractivity contribution in [3.05, 3.63) is 12.7 Å². The summed E-state index contributed by atoms with van der Waals surface area (Å²) in [4.78, 5) is 22.5. The van der Waals surface area contributed by atoms with Gasteiger partial charge in [-0.15, -0.1) is 0 Å². The summed E-state index contributed by atoms with van der Waals surface area (Å²) >= 11 is 0. The molecule has 1 aliphatic rings. The molecule has 0 amide bonds. The zero-order chi connectivity index (χ0) is 20.3. The molecule has 0 bridgehead atoms. The Balaban J connectivity index is 1.50. The smallest absolute Gasteiger partial charge is 0.292 e. The van der Waals surface area contributed by atoms with Gasteiger partial charge in [-0.1, -0.05) is 6.92 Å². The highest BCUT2D eigenvalue weighted by atomic mass is 31.2. The van der Waals surface area contributed by atoms with Gasteiger partial charge in [0.15, 0.2) is 17.8 Å². The zero-order valence-electron chi connectivity index (χ0n) is 16.2. The Labute approximate surface area is 163 Å². The molecular formula is C16H27N6O5P. The van der Waals surface area contributed by atoms with Gasteiger partial charge in [0.05, 0.1) is 37.7 Å². The molecule has 5 atom stereocenters. The molecule has 1 aliphatic heterocycles. The fourth-order valence-corrected chi connectivity index (χ4v) is 4.24. The highest BCUT2D eigenvalue weighted by Gasteiger charge is 2.33. The Morgan fingerprint density at radius 1 is 1.46 bits per heavy atom. The summed E-state index contributed by atoms with van der Waals surface area (Å²) in [6.07, 6.45) is 2.57. The third-order valence-electron chi connectivity index (χ3n) is 4.46. The summed E-state index contributed by atoms with van der Waals surface area (Å²) in [6.45, 7) is 6.44. The number of nitrogen functional groups attached to an aromatic ring is 1. The molecule has 0 radical (unpaired) electrons.